The molecule has 2 amide bonds. The highest BCUT2D eigenvalue weighted by atomic mass is 35.5. The number of hydrogen-bond donors (Lipinski definition) is 2. The average Bonchev–Trinajstić information content (AvgIpc) is 3.81. The van der Waals surface area contributed by atoms with Crippen molar-refractivity contribution in [2.45, 2.75) is 51.2 Å². The Morgan fingerprint density at radius 2 is 1.88 bits per heavy atom. The summed E-state index contributed by atoms with van der Waals surface area (Å²) in [5.74, 6) is 0.476. The largest absolute Gasteiger partial charge is 0.478 e. The summed E-state index contributed by atoms with van der Waals surface area (Å²) in [4.78, 5) is 41.4. The summed E-state index contributed by atoms with van der Waals surface area (Å²) < 4.78 is 5.83. The Morgan fingerprint density at radius 1 is 1.02 bits per heavy atom. The number of ether oxygens (including phenoxy) is 1. The first-order valence-corrected chi connectivity index (χ1v) is 17.7. The van der Waals surface area contributed by atoms with E-state index in [4.69, 9.17) is 16.3 Å². The van der Waals surface area contributed by atoms with Gasteiger partial charge >= 0.3 is 0 Å². The number of carbonyl (C=O) groups excluding carboxylic acids is 2. The van der Waals surface area contributed by atoms with Crippen LogP contribution in [0.1, 0.15) is 53.8 Å². The molecule has 0 saturated carbocycles. The third-order valence-electron chi connectivity index (χ3n) is 9.98. The summed E-state index contributed by atoms with van der Waals surface area (Å²) in [5, 5.41) is 7.24. The van der Waals surface area contributed by atoms with Crippen LogP contribution in [0.5, 0.6) is 5.88 Å². The fourth-order valence-electron chi connectivity index (χ4n) is 7.25. The minimum atomic E-state index is -0.0943. The van der Waals surface area contributed by atoms with Gasteiger partial charge in [-0.15, -0.1) is 0 Å². The minimum absolute atomic E-state index is 0.0233. The number of anilines is 2. The van der Waals surface area contributed by atoms with Gasteiger partial charge in [0.15, 0.2) is 0 Å². The van der Waals surface area contributed by atoms with Gasteiger partial charge in [0, 0.05) is 79.9 Å². The molecular formula is C37H48ClN7O3. The van der Waals surface area contributed by atoms with Crippen molar-refractivity contribution in [3.63, 3.8) is 0 Å². The van der Waals surface area contributed by atoms with E-state index in [9.17, 15) is 9.59 Å². The zero-order valence-corrected chi connectivity index (χ0v) is 29.3. The zero-order valence-electron chi connectivity index (χ0n) is 28.5. The summed E-state index contributed by atoms with van der Waals surface area (Å²) in [6.45, 7) is 9.70. The number of halogens is 1. The van der Waals surface area contributed by atoms with Crippen molar-refractivity contribution in [1.82, 2.24) is 25.4 Å². The van der Waals surface area contributed by atoms with Crippen LogP contribution in [0.2, 0.25) is 5.02 Å². The summed E-state index contributed by atoms with van der Waals surface area (Å²) in [6.07, 6.45) is 4.48. The topological polar surface area (TPSA) is 93.3 Å². The van der Waals surface area contributed by atoms with Gasteiger partial charge in [0.05, 0.1) is 23.4 Å². The molecule has 0 bridgehead atoms. The van der Waals surface area contributed by atoms with Gasteiger partial charge in [0.2, 0.25) is 5.88 Å². The molecule has 3 atom stereocenters. The Kier molecular flexibility index (Phi) is 10.7. The first-order valence-electron chi connectivity index (χ1n) is 17.3. The second-order valence-electron chi connectivity index (χ2n) is 13.2. The van der Waals surface area contributed by atoms with Crippen LogP contribution in [-0.4, -0.2) is 111 Å². The van der Waals surface area contributed by atoms with Gasteiger partial charge in [0.1, 0.15) is 0 Å². The number of hydrogen-bond acceptors (Lipinski definition) is 8. The smallest absolute Gasteiger partial charge is 0.256 e. The van der Waals surface area contributed by atoms with Crippen molar-refractivity contribution in [2.75, 3.05) is 76.3 Å². The zero-order chi connectivity index (χ0) is 33.8. The lowest BCUT2D eigenvalue weighted by molar-refractivity contribution is 0.0720. The molecule has 6 rings (SSSR count). The highest BCUT2D eigenvalue weighted by molar-refractivity contribution is 6.31. The molecule has 3 saturated heterocycles. The SMILES string of the molecule is CCOc1ncccc1-c1ccc(N2CCN(C(=O)c3ccc(Cl)cc3N3CC[C@H](N(C)C)C3)C[C@H]2CC)c(C(=O)N[C@@H]2CCNC2)c1. The number of nitrogens with zero attached hydrogens (tertiary/aromatic N) is 5. The Hall–Kier alpha value is -3.86. The third kappa shape index (κ3) is 7.26. The van der Waals surface area contributed by atoms with Gasteiger partial charge in [0.25, 0.3) is 11.8 Å². The molecule has 4 heterocycles. The van der Waals surface area contributed by atoms with E-state index >= 15 is 0 Å². The maximum Gasteiger partial charge on any atom is 0.256 e. The van der Waals surface area contributed by atoms with Crippen molar-refractivity contribution in [3.8, 4) is 17.0 Å². The van der Waals surface area contributed by atoms with E-state index in [-0.39, 0.29) is 23.9 Å². The molecule has 3 aromatic rings. The maximum atomic E-state index is 14.2. The van der Waals surface area contributed by atoms with Gasteiger partial charge in [-0.2, -0.15) is 0 Å². The molecule has 3 aliphatic rings. The Balaban J connectivity index is 1.27. The fraction of sp³-hybridized carbons (Fsp3) is 0.486. The number of amides is 2. The first-order chi connectivity index (χ1) is 23.3. The van der Waals surface area contributed by atoms with Crippen molar-refractivity contribution in [1.29, 1.82) is 0 Å². The molecule has 11 heteroatoms. The average molecular weight is 674 g/mol. The van der Waals surface area contributed by atoms with Crippen molar-refractivity contribution in [3.05, 3.63) is 70.9 Å². The number of benzene rings is 2. The van der Waals surface area contributed by atoms with Gasteiger partial charge in [-0.1, -0.05) is 24.6 Å². The predicted octanol–water partition coefficient (Wildman–Crippen LogP) is 4.77. The third-order valence-corrected chi connectivity index (χ3v) is 10.2. The van der Waals surface area contributed by atoms with E-state index < -0.39 is 0 Å². The maximum absolute atomic E-state index is 14.2. The molecule has 10 nitrogen and oxygen atoms in total. The van der Waals surface area contributed by atoms with Gasteiger partial charge in [-0.05, 0) is 94.9 Å². The van der Waals surface area contributed by atoms with Gasteiger partial charge in [-0.25, -0.2) is 4.98 Å². The van der Waals surface area contributed by atoms with Crippen LogP contribution in [0.15, 0.2) is 54.7 Å². The molecule has 3 aliphatic heterocycles. The number of piperazine rings is 1. The lowest BCUT2D eigenvalue weighted by Gasteiger charge is -2.43. The van der Waals surface area contributed by atoms with Crippen molar-refractivity contribution < 1.29 is 14.3 Å². The predicted molar refractivity (Wildman–Crippen MR) is 193 cm³/mol. The number of aromatic nitrogens is 1. The normalized spacial score (nSPS) is 21.2. The highest BCUT2D eigenvalue weighted by Gasteiger charge is 2.34. The lowest BCUT2D eigenvalue weighted by atomic mass is 9.98. The van der Waals surface area contributed by atoms with Crippen molar-refractivity contribution in [2.24, 2.45) is 0 Å². The number of rotatable bonds is 10. The number of carbonyl (C=O) groups is 2. The lowest BCUT2D eigenvalue weighted by Crippen LogP contribution is -2.55. The molecule has 0 radical (unpaired) electrons. The molecule has 256 valence electrons. The van der Waals surface area contributed by atoms with E-state index in [1.807, 2.05) is 60.4 Å². The molecule has 2 N–H and O–H groups in total. The molecule has 48 heavy (non-hydrogen) atoms. The molecule has 0 spiro atoms. The summed E-state index contributed by atoms with van der Waals surface area (Å²) in [5.41, 5.74) is 4.82. The van der Waals surface area contributed by atoms with Crippen molar-refractivity contribution >= 4 is 34.8 Å². The summed E-state index contributed by atoms with van der Waals surface area (Å²) >= 11 is 6.47. The summed E-state index contributed by atoms with van der Waals surface area (Å²) in [6, 6.07) is 16.1. The monoisotopic (exact) mass is 673 g/mol. The van der Waals surface area contributed by atoms with Crippen LogP contribution in [0, 0.1) is 0 Å². The standard InChI is InChI=1S/C37H48ClN7O3/c1-5-28-23-44(37(47)31-11-10-26(38)21-34(31)43-17-14-29(24-43)42(3)4)18-19-45(28)33-12-9-25(30-8-7-15-40-36(30)48-6-2)20-32(33)35(46)41-27-13-16-39-22-27/h7-12,15,20-21,27-29,39H,5-6,13-14,16-19,22-24H2,1-4H3,(H,41,46)/t27-,28-,29+/m1/s1. The van der Waals surface area contributed by atoms with E-state index in [0.29, 0.717) is 54.3 Å². The summed E-state index contributed by atoms with van der Waals surface area (Å²) in [7, 11) is 4.21. The highest BCUT2D eigenvalue weighted by Crippen LogP contribution is 2.35. The minimum Gasteiger partial charge on any atom is -0.478 e. The Labute approximate surface area is 289 Å². The molecule has 0 aliphatic carbocycles. The number of nitrogens with one attached hydrogen (secondary N) is 2. The Morgan fingerprint density at radius 3 is 2.60 bits per heavy atom. The quantitative estimate of drug-likeness (QED) is 0.318. The second kappa shape index (κ2) is 15.1. The molecule has 2 aromatic carbocycles. The van der Waals surface area contributed by atoms with Crippen LogP contribution in [0.4, 0.5) is 11.4 Å². The molecule has 0 unspecified atom stereocenters. The van der Waals surface area contributed by atoms with Crippen LogP contribution >= 0.6 is 11.6 Å². The molecular weight excluding hydrogens is 626 g/mol. The number of likely N-dealkylation sites (N-methyl/N-ethyl adjacent to an activating group) is 1. The van der Waals surface area contributed by atoms with Crippen LogP contribution in [0.25, 0.3) is 11.1 Å². The van der Waals surface area contributed by atoms with Crippen LogP contribution in [-0.2, 0) is 0 Å². The van der Waals surface area contributed by atoms with Crippen LogP contribution < -0.4 is 25.2 Å². The second-order valence-corrected chi connectivity index (χ2v) is 13.6. The Bertz CT molecular complexity index is 1610. The molecule has 1 aromatic heterocycles. The van der Waals surface area contributed by atoms with E-state index in [1.54, 1.807) is 6.20 Å². The van der Waals surface area contributed by atoms with E-state index in [2.05, 4.69) is 51.3 Å². The van der Waals surface area contributed by atoms with Crippen LogP contribution in [0.3, 0.4) is 0 Å². The fourth-order valence-corrected chi connectivity index (χ4v) is 7.41. The van der Waals surface area contributed by atoms with E-state index in [1.165, 1.54) is 0 Å². The van der Waals surface area contributed by atoms with E-state index in [0.717, 1.165) is 67.9 Å². The van der Waals surface area contributed by atoms with Gasteiger partial charge < -0.3 is 35.0 Å². The van der Waals surface area contributed by atoms with Gasteiger partial charge in [-0.3, -0.25) is 9.59 Å². The molecule has 3 fully saturated rings. The number of pyridine rings is 1. The first kappa shape index (κ1) is 34.0.